The van der Waals surface area contributed by atoms with Crippen LogP contribution in [0.1, 0.15) is 117 Å². The number of rotatable bonds is 16. The van der Waals surface area contributed by atoms with Crippen molar-refractivity contribution in [3.63, 3.8) is 0 Å². The summed E-state index contributed by atoms with van der Waals surface area (Å²) in [5, 5.41) is 41.3. The van der Waals surface area contributed by atoms with Gasteiger partial charge in [-0.15, -0.1) is 60.0 Å². The largest absolute Gasteiger partial charge is 0.872 e. The zero-order valence-electron chi connectivity index (χ0n) is 42.6. The number of benzene rings is 8. The Morgan fingerprint density at radius 3 is 0.680 bits per heavy atom. The molecule has 0 fully saturated rings. The van der Waals surface area contributed by atoms with Crippen LogP contribution >= 0.6 is 0 Å². The van der Waals surface area contributed by atoms with E-state index in [1.54, 1.807) is 146 Å². The van der Waals surface area contributed by atoms with Crippen LogP contribution in [0.5, 0.6) is 23.0 Å². The Labute approximate surface area is 456 Å². The van der Waals surface area contributed by atoms with Gasteiger partial charge < -0.3 is 39.6 Å². The fraction of sp³-hybridized carbons (Fsp3) is 0.121. The van der Waals surface area contributed by atoms with Gasteiger partial charge in [0, 0.05) is 21.7 Å². The van der Waals surface area contributed by atoms with E-state index < -0.39 is 0 Å². The molecule has 8 aromatic carbocycles. The average molecular weight is 1030 g/mol. The predicted octanol–water partition coefficient (Wildman–Crippen LogP) is 14.3. The number of aromatic hydroxyl groups is 2. The van der Waals surface area contributed by atoms with Crippen LogP contribution in [0.3, 0.4) is 0 Å². The van der Waals surface area contributed by atoms with Gasteiger partial charge in [-0.25, -0.2) is 0 Å². The molecule has 0 atom stereocenters. The smallest absolute Gasteiger partial charge is 0.115 e. The van der Waals surface area contributed by atoms with Crippen LogP contribution in [0.25, 0.3) is 22.3 Å². The Balaban J connectivity index is 0.000000216. The molecule has 0 aromatic heterocycles. The molecule has 0 radical (unpaired) electrons. The number of ketones is 4. The molecule has 380 valence electrons. The number of hydrogen-bond acceptors (Lipinski definition) is 8. The zero-order chi connectivity index (χ0) is 53.2. The number of Topliss-reactive ketones (excluding diaryl/α,β-unsaturated/α-hetero) is 4. The van der Waals surface area contributed by atoms with Crippen molar-refractivity contribution in [3.05, 3.63) is 276 Å². The molecule has 2 N–H and O–H groups in total. The SMILES string of the molecule is CCC(=C(CC)c1ccc(O)cc1)c1ccc([O-])cc1.CCC(=C(CC)c1ccc(O)cc1)c1ccc([O-])cc1.O=C([CH-]C(=O)c1ccccc1)c1ccccc1.O=C([CH-]C(=O)c1ccccc1)c1ccccc1.[Ti]. The van der Waals surface area contributed by atoms with E-state index in [2.05, 4.69) is 27.7 Å². The van der Waals surface area contributed by atoms with Gasteiger partial charge in [0.05, 0.1) is 23.1 Å². The fourth-order valence-electron chi connectivity index (χ4n) is 7.99. The molecule has 8 aromatic rings. The molecule has 0 saturated carbocycles. The van der Waals surface area contributed by atoms with E-state index in [1.807, 2.05) is 72.8 Å². The zero-order valence-corrected chi connectivity index (χ0v) is 44.2. The van der Waals surface area contributed by atoms with Gasteiger partial charge in [0.25, 0.3) is 0 Å². The van der Waals surface area contributed by atoms with Crippen molar-refractivity contribution >= 4 is 45.4 Å². The van der Waals surface area contributed by atoms with Crippen molar-refractivity contribution in [2.45, 2.75) is 53.4 Å². The second-order valence-corrected chi connectivity index (χ2v) is 16.7. The summed E-state index contributed by atoms with van der Waals surface area (Å²) < 4.78 is 0. The maximum atomic E-state index is 11.8. The van der Waals surface area contributed by atoms with E-state index in [4.69, 9.17) is 0 Å². The number of allylic oxidation sites excluding steroid dienone is 4. The monoisotopic (exact) mass is 1030 g/mol. The molecule has 0 aliphatic carbocycles. The minimum atomic E-state index is -0.264. The molecule has 8 rings (SSSR count). The van der Waals surface area contributed by atoms with Crippen molar-refractivity contribution in [2.75, 3.05) is 0 Å². The molecule has 0 spiro atoms. The van der Waals surface area contributed by atoms with Crippen LogP contribution in [0, 0.1) is 12.8 Å². The molecular formula is C66H60O8Ti-4. The van der Waals surface area contributed by atoms with Crippen LogP contribution < -0.4 is 10.2 Å². The van der Waals surface area contributed by atoms with E-state index in [0.29, 0.717) is 22.3 Å². The Morgan fingerprint density at radius 1 is 0.307 bits per heavy atom. The summed E-state index contributed by atoms with van der Waals surface area (Å²) in [5.41, 5.74) is 11.5. The molecule has 0 saturated heterocycles. The van der Waals surface area contributed by atoms with Gasteiger partial charge in [0.15, 0.2) is 0 Å². The van der Waals surface area contributed by atoms with Crippen LogP contribution in [0.2, 0.25) is 0 Å². The summed E-state index contributed by atoms with van der Waals surface area (Å²) in [5.74, 6) is -0.437. The first-order valence-electron chi connectivity index (χ1n) is 24.5. The van der Waals surface area contributed by atoms with Gasteiger partial charge in [-0.1, -0.05) is 208 Å². The summed E-state index contributed by atoms with van der Waals surface area (Å²) in [6.07, 6.45) is 5.89. The van der Waals surface area contributed by atoms with Gasteiger partial charge >= 0.3 is 0 Å². The number of phenolic OH excluding ortho intramolecular Hbond substituents is 2. The minimum absolute atomic E-state index is 0. The van der Waals surface area contributed by atoms with E-state index in [-0.39, 0.29) is 67.8 Å². The molecular weight excluding hydrogens is 969 g/mol. The Kier molecular flexibility index (Phi) is 24.6. The first-order chi connectivity index (χ1) is 35.8. The van der Waals surface area contributed by atoms with Crippen molar-refractivity contribution in [3.8, 4) is 23.0 Å². The average Bonchev–Trinajstić information content (AvgIpc) is 3.44. The summed E-state index contributed by atoms with van der Waals surface area (Å²) >= 11 is 0. The van der Waals surface area contributed by atoms with Gasteiger partial charge in [-0.05, 0) is 94.5 Å². The van der Waals surface area contributed by atoms with Crippen LogP contribution in [-0.4, -0.2) is 33.3 Å². The van der Waals surface area contributed by atoms with E-state index >= 15 is 0 Å². The molecule has 0 amide bonds. The molecule has 0 unspecified atom stereocenters. The number of phenols is 2. The fourth-order valence-corrected chi connectivity index (χ4v) is 7.99. The van der Waals surface area contributed by atoms with Gasteiger partial charge in [-0.3, -0.25) is 0 Å². The van der Waals surface area contributed by atoms with Crippen LogP contribution in [0.4, 0.5) is 0 Å². The summed E-state index contributed by atoms with van der Waals surface area (Å²) in [6, 6.07) is 63.6. The third-order valence-corrected chi connectivity index (χ3v) is 11.7. The minimum Gasteiger partial charge on any atom is -0.872 e. The second-order valence-electron chi connectivity index (χ2n) is 16.7. The number of hydrogen-bond donors (Lipinski definition) is 2. The third kappa shape index (κ3) is 18.5. The summed E-state index contributed by atoms with van der Waals surface area (Å²) in [7, 11) is 0. The molecule has 0 bridgehead atoms. The standard InChI is InChI=1S/2C18H20O2.2C15H11O2.Ti/c2*1-3-17(13-5-9-15(19)10-6-13)18(4-2)14-7-11-16(20)12-8-14;2*16-14(12-7-3-1-4-8-12)11-15(17)13-9-5-2-6-10-13;/h2*5-12,19-20H,3-4H2,1-2H3;2*1-11H;/q;;2*-1;/p-2. The van der Waals surface area contributed by atoms with Crippen molar-refractivity contribution in [2.24, 2.45) is 0 Å². The Morgan fingerprint density at radius 2 is 0.493 bits per heavy atom. The second kappa shape index (κ2) is 31.2. The number of carbonyl (C=O) groups excluding carboxylic acids is 4. The quantitative estimate of drug-likeness (QED) is 0.0319. The Hall–Kier alpha value is -8.43. The third-order valence-electron chi connectivity index (χ3n) is 11.7. The first-order valence-corrected chi connectivity index (χ1v) is 24.5. The summed E-state index contributed by atoms with van der Waals surface area (Å²) in [4.78, 5) is 47.0. The van der Waals surface area contributed by atoms with Crippen molar-refractivity contribution in [1.29, 1.82) is 0 Å². The van der Waals surface area contributed by atoms with E-state index in [1.165, 1.54) is 22.3 Å². The van der Waals surface area contributed by atoms with Crippen LogP contribution in [-0.2, 0) is 21.7 Å². The topological polar surface area (TPSA) is 155 Å². The molecule has 0 aliphatic heterocycles. The molecule has 8 nitrogen and oxygen atoms in total. The number of carbonyl (C=O) groups is 4. The first kappa shape index (κ1) is 59.1. The Bertz CT molecular complexity index is 2650. The summed E-state index contributed by atoms with van der Waals surface area (Å²) in [6.45, 7) is 8.49. The maximum Gasteiger partial charge on any atom is 0.115 e. The normalized spacial score (nSPS) is 10.8. The van der Waals surface area contributed by atoms with Gasteiger partial charge in [-0.2, -0.15) is 0 Å². The van der Waals surface area contributed by atoms with Crippen LogP contribution in [0.15, 0.2) is 218 Å². The van der Waals surface area contributed by atoms with E-state index in [9.17, 15) is 39.6 Å². The predicted molar refractivity (Wildman–Crippen MR) is 294 cm³/mol. The molecule has 9 heteroatoms. The van der Waals surface area contributed by atoms with Crippen molar-refractivity contribution in [1.82, 2.24) is 0 Å². The van der Waals surface area contributed by atoms with E-state index in [0.717, 1.165) is 60.8 Å². The maximum absolute atomic E-state index is 11.8. The molecule has 75 heavy (non-hydrogen) atoms. The van der Waals surface area contributed by atoms with Crippen molar-refractivity contribution < 1.29 is 61.3 Å². The molecule has 0 aliphatic rings. The van der Waals surface area contributed by atoms with Gasteiger partial charge in [0.2, 0.25) is 0 Å². The van der Waals surface area contributed by atoms with Gasteiger partial charge in [0.1, 0.15) is 11.5 Å². The molecule has 0 heterocycles.